The second-order valence-electron chi connectivity index (χ2n) is 5.21. The van der Waals surface area contributed by atoms with Crippen molar-refractivity contribution < 1.29 is 20.9 Å². The Kier molecular flexibility index (Phi) is 8.33. The first-order valence-corrected chi connectivity index (χ1v) is 15.8. The number of halogens is 2. The smallest absolute Gasteiger partial charge is 0.147 e. The zero-order chi connectivity index (χ0) is 11.7. The predicted octanol–water partition coefficient (Wildman–Crippen LogP) is 4.90. The summed E-state index contributed by atoms with van der Waals surface area (Å²) in [5.74, 6) is -0.453. The maximum atomic E-state index is 2.57. The minimum atomic E-state index is -1.37. The zero-order valence-corrected chi connectivity index (χ0v) is 16.9. The van der Waals surface area contributed by atoms with Gasteiger partial charge in [-0.1, -0.05) is 0 Å². The Bertz CT molecular complexity index is 384. The third kappa shape index (κ3) is 4.34. The standard InChI is InChI=1S/2C6H7.C2H7Si.2ClH.Zr/c2*1-6-4-2-3-5-6;1-3-2;;;/h2*4-5H,2H2,1H3;3H,1-2H3;2*1H;. The van der Waals surface area contributed by atoms with Crippen molar-refractivity contribution in [2.24, 2.45) is 0 Å². The summed E-state index contributed by atoms with van der Waals surface area (Å²) in [7, 11) is 0. The van der Waals surface area contributed by atoms with Gasteiger partial charge in [-0.05, 0) is 0 Å². The van der Waals surface area contributed by atoms with Crippen molar-refractivity contribution in [3.05, 3.63) is 42.0 Å². The van der Waals surface area contributed by atoms with Gasteiger partial charge in [-0.3, -0.25) is 0 Å². The fourth-order valence-electron chi connectivity index (χ4n) is 2.65. The molecule has 0 bridgehead atoms. The molecule has 0 aromatic carbocycles. The van der Waals surface area contributed by atoms with Gasteiger partial charge in [-0.2, -0.15) is 0 Å². The molecule has 0 aromatic rings. The van der Waals surface area contributed by atoms with Crippen molar-refractivity contribution in [2.45, 2.75) is 39.8 Å². The van der Waals surface area contributed by atoms with E-state index in [1.807, 2.05) is 6.56 Å². The molecule has 0 aliphatic heterocycles. The number of allylic oxidation sites excluding steroid dienone is 8. The van der Waals surface area contributed by atoms with Crippen LogP contribution >= 0.6 is 24.8 Å². The first-order valence-electron chi connectivity index (χ1n) is 6.20. The second-order valence-corrected chi connectivity index (χ2v) is 24.6. The summed E-state index contributed by atoms with van der Waals surface area (Å²) < 4.78 is 3.74. The van der Waals surface area contributed by atoms with E-state index in [-0.39, 0.29) is 24.8 Å². The van der Waals surface area contributed by atoms with Crippen LogP contribution in [0.25, 0.3) is 0 Å². The van der Waals surface area contributed by atoms with E-state index in [4.69, 9.17) is 0 Å². The van der Waals surface area contributed by atoms with Crippen LogP contribution in [0, 0.1) is 0 Å². The first kappa shape index (κ1) is 18.6. The van der Waals surface area contributed by atoms with E-state index in [0.717, 1.165) is 0 Å². The Hall–Kier alpha value is 0.640. The molecular weight excluding hydrogens is 358 g/mol. The van der Waals surface area contributed by atoms with Crippen molar-refractivity contribution in [3.8, 4) is 0 Å². The molecule has 0 N–H and O–H groups in total. The van der Waals surface area contributed by atoms with Crippen LogP contribution < -0.4 is 0 Å². The van der Waals surface area contributed by atoms with E-state index < -0.39 is 26.8 Å². The van der Waals surface area contributed by atoms with Crippen LogP contribution in [0.3, 0.4) is 0 Å². The van der Waals surface area contributed by atoms with E-state index in [2.05, 4.69) is 51.2 Å². The monoisotopic (exact) mass is 379 g/mol. The van der Waals surface area contributed by atoms with Gasteiger partial charge in [0.2, 0.25) is 0 Å². The molecule has 0 saturated carbocycles. The van der Waals surface area contributed by atoms with E-state index in [0.29, 0.717) is 0 Å². The van der Waals surface area contributed by atoms with Crippen LogP contribution in [-0.4, -0.2) is 5.92 Å². The molecule has 0 radical (unpaired) electrons. The topological polar surface area (TPSA) is 0 Å². The maximum Gasteiger partial charge on any atom is -0.147 e. The summed E-state index contributed by atoms with van der Waals surface area (Å²) in [6.45, 7) is 9.64. The Morgan fingerprint density at radius 3 is 1.50 bits per heavy atom. The van der Waals surface area contributed by atoms with Crippen LogP contribution in [-0.2, 0) is 20.9 Å². The molecule has 0 spiro atoms. The predicted molar refractivity (Wildman–Crippen MR) is 86.3 cm³/mol. The number of rotatable bonds is 3. The van der Waals surface area contributed by atoms with Crippen LogP contribution in [0.5, 0.6) is 0 Å². The minimum absolute atomic E-state index is 0. The molecule has 2 rings (SSSR count). The molecule has 0 aromatic heterocycles. The SMILES string of the molecule is CC1=CC[C]([Zr]([C]2=CC(C)=CC2)[SiH](C)C)=C1.Cl.Cl. The van der Waals surface area contributed by atoms with Crippen LogP contribution in [0.2, 0.25) is 13.1 Å². The van der Waals surface area contributed by atoms with Gasteiger partial charge >= 0.3 is 109 Å². The van der Waals surface area contributed by atoms with Crippen molar-refractivity contribution in [2.75, 3.05) is 0 Å². The Morgan fingerprint density at radius 2 is 1.28 bits per heavy atom. The van der Waals surface area contributed by atoms with E-state index in [1.54, 1.807) is 0 Å². The summed E-state index contributed by atoms with van der Waals surface area (Å²) in [5.41, 5.74) is 3.01. The summed E-state index contributed by atoms with van der Waals surface area (Å²) >= 11 is -1.37. The average Bonchev–Trinajstić information content (AvgIpc) is 2.76. The van der Waals surface area contributed by atoms with E-state index >= 15 is 0 Å². The zero-order valence-electron chi connectivity index (χ0n) is 11.6. The minimum Gasteiger partial charge on any atom is -0.147 e. The fraction of sp³-hybridized carbons (Fsp3) is 0.429. The molecule has 0 fully saturated rings. The maximum absolute atomic E-state index is 2.57. The van der Waals surface area contributed by atoms with Gasteiger partial charge in [0.1, 0.15) is 0 Å². The third-order valence-corrected chi connectivity index (χ3v) is 22.5. The molecule has 0 atom stereocenters. The average molecular weight is 382 g/mol. The molecule has 0 heterocycles. The van der Waals surface area contributed by atoms with Gasteiger partial charge in [-0.15, -0.1) is 24.8 Å². The Labute approximate surface area is 132 Å². The van der Waals surface area contributed by atoms with Gasteiger partial charge in [-0.25, -0.2) is 0 Å². The third-order valence-electron chi connectivity index (χ3n) is 3.36. The summed E-state index contributed by atoms with van der Waals surface area (Å²) in [6.07, 6.45) is 12.4. The van der Waals surface area contributed by atoms with Crippen LogP contribution in [0.1, 0.15) is 26.7 Å². The molecule has 0 nitrogen and oxygen atoms in total. The second kappa shape index (κ2) is 8.04. The quantitative estimate of drug-likeness (QED) is 0.610. The van der Waals surface area contributed by atoms with Crippen LogP contribution in [0.15, 0.2) is 42.0 Å². The molecular formula is C14H23Cl2SiZr. The van der Waals surface area contributed by atoms with Gasteiger partial charge < -0.3 is 0 Å². The number of hydrogen-bond acceptors (Lipinski definition) is 0. The Balaban J connectivity index is 0.00000144. The first-order chi connectivity index (χ1) is 7.58. The number of hydrogen-bond donors (Lipinski definition) is 0. The van der Waals surface area contributed by atoms with Gasteiger partial charge in [0.25, 0.3) is 0 Å². The van der Waals surface area contributed by atoms with Gasteiger partial charge in [0.15, 0.2) is 0 Å². The molecule has 0 amide bonds. The molecule has 2 aliphatic rings. The van der Waals surface area contributed by atoms with Crippen molar-refractivity contribution in [1.82, 2.24) is 0 Å². The molecule has 18 heavy (non-hydrogen) atoms. The van der Waals surface area contributed by atoms with Gasteiger partial charge in [0, 0.05) is 0 Å². The Morgan fingerprint density at radius 1 is 0.889 bits per heavy atom. The van der Waals surface area contributed by atoms with Crippen molar-refractivity contribution in [3.63, 3.8) is 0 Å². The summed E-state index contributed by atoms with van der Waals surface area (Å²) in [6, 6.07) is 0. The van der Waals surface area contributed by atoms with E-state index in [9.17, 15) is 0 Å². The van der Waals surface area contributed by atoms with Crippen molar-refractivity contribution in [1.29, 1.82) is 0 Å². The van der Waals surface area contributed by atoms with Crippen LogP contribution in [0.4, 0.5) is 0 Å². The largest absolute Gasteiger partial charge is 0.147 e. The molecule has 4 heteroatoms. The van der Waals surface area contributed by atoms with E-state index in [1.165, 1.54) is 24.0 Å². The molecule has 0 unspecified atom stereocenters. The van der Waals surface area contributed by atoms with Gasteiger partial charge in [0.05, 0.1) is 0 Å². The molecule has 101 valence electrons. The van der Waals surface area contributed by atoms with Crippen molar-refractivity contribution >= 4 is 30.7 Å². The molecule has 2 aliphatic carbocycles. The fourth-order valence-corrected chi connectivity index (χ4v) is 21.9. The summed E-state index contributed by atoms with van der Waals surface area (Å²) in [5, 5.41) is 0. The normalized spacial score (nSPS) is 17.4. The molecule has 0 saturated heterocycles. The summed E-state index contributed by atoms with van der Waals surface area (Å²) in [4.78, 5) is 0.